The third-order valence-electron chi connectivity index (χ3n) is 4.44. The van der Waals surface area contributed by atoms with Crippen LogP contribution in [0.1, 0.15) is 40.9 Å². The molecule has 1 heterocycles. The molecule has 0 spiro atoms. The van der Waals surface area contributed by atoms with Crippen LogP contribution in [0, 0.1) is 0 Å². The molecule has 0 saturated heterocycles. The van der Waals surface area contributed by atoms with Gasteiger partial charge in [0.05, 0.1) is 18.1 Å². The predicted molar refractivity (Wildman–Crippen MR) is 98.4 cm³/mol. The zero-order valence-corrected chi connectivity index (χ0v) is 15.1. The van der Waals surface area contributed by atoms with Crippen molar-refractivity contribution in [2.75, 3.05) is 6.54 Å². The lowest BCUT2D eigenvalue weighted by molar-refractivity contribution is -0.131. The molecule has 5 heteroatoms. The molecule has 0 unspecified atom stereocenters. The number of fused-ring (bicyclic) bond motifs is 1. The van der Waals surface area contributed by atoms with Gasteiger partial charge >= 0.3 is 5.97 Å². The van der Waals surface area contributed by atoms with Crippen molar-refractivity contribution in [2.24, 2.45) is 0 Å². The van der Waals surface area contributed by atoms with E-state index in [4.69, 9.17) is 9.84 Å². The Kier molecular flexibility index (Phi) is 5.26. The first-order valence-electron chi connectivity index (χ1n) is 8.81. The molecule has 1 aliphatic rings. The Hall–Kier alpha value is -2.82. The average Bonchev–Trinajstić information content (AvgIpc) is 2.60. The van der Waals surface area contributed by atoms with Crippen LogP contribution in [0.5, 0.6) is 5.75 Å². The monoisotopic (exact) mass is 353 g/mol. The standard InChI is InChI=1S/C21H23NO4/c1-14(2)26-19-5-3-4-15(10-19)11-20(23)22-9-8-16-6-7-17(21(24)25)12-18(16)13-22/h3-7,10,12,14H,8-9,11,13H2,1-2H3,(H,24,25). The number of amides is 1. The fraction of sp³-hybridized carbons (Fsp3) is 0.333. The van der Waals surface area contributed by atoms with E-state index < -0.39 is 5.97 Å². The first-order valence-corrected chi connectivity index (χ1v) is 8.81. The van der Waals surface area contributed by atoms with Crippen molar-refractivity contribution < 1.29 is 19.4 Å². The highest BCUT2D eigenvalue weighted by atomic mass is 16.5. The van der Waals surface area contributed by atoms with E-state index in [0.29, 0.717) is 19.5 Å². The topological polar surface area (TPSA) is 66.8 Å². The first kappa shape index (κ1) is 18.0. The lowest BCUT2D eigenvalue weighted by Crippen LogP contribution is -2.37. The summed E-state index contributed by atoms with van der Waals surface area (Å²) in [4.78, 5) is 25.7. The van der Waals surface area contributed by atoms with Crippen molar-refractivity contribution in [1.29, 1.82) is 0 Å². The molecule has 1 aliphatic heterocycles. The quantitative estimate of drug-likeness (QED) is 0.896. The molecule has 2 aromatic carbocycles. The van der Waals surface area contributed by atoms with Crippen LogP contribution in [-0.4, -0.2) is 34.5 Å². The maximum absolute atomic E-state index is 12.7. The molecular formula is C21H23NO4. The summed E-state index contributed by atoms with van der Waals surface area (Å²) in [6.45, 7) is 5.04. The van der Waals surface area contributed by atoms with Crippen molar-refractivity contribution in [3.63, 3.8) is 0 Å². The van der Waals surface area contributed by atoms with Crippen LogP contribution in [0.15, 0.2) is 42.5 Å². The number of aromatic carboxylic acids is 1. The molecule has 0 saturated carbocycles. The van der Waals surface area contributed by atoms with Crippen LogP contribution in [0.3, 0.4) is 0 Å². The molecule has 5 nitrogen and oxygen atoms in total. The van der Waals surface area contributed by atoms with Crippen LogP contribution in [0.4, 0.5) is 0 Å². The van der Waals surface area contributed by atoms with Crippen LogP contribution in [-0.2, 0) is 24.2 Å². The van der Waals surface area contributed by atoms with Crippen LogP contribution >= 0.6 is 0 Å². The van der Waals surface area contributed by atoms with Gasteiger partial charge in [-0.05, 0) is 61.2 Å². The Morgan fingerprint density at radius 3 is 2.69 bits per heavy atom. The molecule has 26 heavy (non-hydrogen) atoms. The van der Waals surface area contributed by atoms with E-state index in [-0.39, 0.29) is 17.6 Å². The number of nitrogens with zero attached hydrogens (tertiary/aromatic N) is 1. The van der Waals surface area contributed by atoms with E-state index >= 15 is 0 Å². The summed E-state index contributed by atoms with van der Waals surface area (Å²) in [5, 5.41) is 9.15. The van der Waals surface area contributed by atoms with E-state index in [0.717, 1.165) is 28.9 Å². The molecular weight excluding hydrogens is 330 g/mol. The van der Waals surface area contributed by atoms with Gasteiger partial charge in [-0.25, -0.2) is 4.79 Å². The Labute approximate surface area is 153 Å². The van der Waals surface area contributed by atoms with Crippen molar-refractivity contribution in [2.45, 2.75) is 39.3 Å². The smallest absolute Gasteiger partial charge is 0.335 e. The number of ether oxygens (including phenoxy) is 1. The van der Waals surface area contributed by atoms with Gasteiger partial charge < -0.3 is 14.7 Å². The molecule has 1 amide bonds. The summed E-state index contributed by atoms with van der Waals surface area (Å²) in [5.74, 6) is -0.142. The molecule has 3 rings (SSSR count). The number of rotatable bonds is 5. The summed E-state index contributed by atoms with van der Waals surface area (Å²) in [6.07, 6.45) is 1.14. The maximum Gasteiger partial charge on any atom is 0.335 e. The number of hydrogen-bond acceptors (Lipinski definition) is 3. The Morgan fingerprint density at radius 1 is 1.15 bits per heavy atom. The zero-order valence-electron chi connectivity index (χ0n) is 15.1. The van der Waals surface area contributed by atoms with Crippen molar-refractivity contribution in [3.05, 3.63) is 64.7 Å². The highest BCUT2D eigenvalue weighted by molar-refractivity contribution is 5.88. The van der Waals surface area contributed by atoms with Crippen LogP contribution in [0.25, 0.3) is 0 Å². The number of benzene rings is 2. The Morgan fingerprint density at radius 2 is 1.96 bits per heavy atom. The first-order chi connectivity index (χ1) is 12.4. The van der Waals surface area contributed by atoms with Gasteiger partial charge in [0, 0.05) is 13.1 Å². The number of carboxylic acids is 1. The highest BCUT2D eigenvalue weighted by Gasteiger charge is 2.22. The molecule has 0 atom stereocenters. The van der Waals surface area contributed by atoms with E-state index in [2.05, 4.69) is 0 Å². The Balaban J connectivity index is 1.70. The molecule has 0 aromatic heterocycles. The minimum absolute atomic E-state index is 0.0399. The van der Waals surface area contributed by atoms with E-state index in [1.807, 2.05) is 44.2 Å². The fourth-order valence-electron chi connectivity index (χ4n) is 3.19. The summed E-state index contributed by atoms with van der Waals surface area (Å²) in [5.41, 5.74) is 3.21. The van der Waals surface area contributed by atoms with Crippen LogP contribution < -0.4 is 4.74 Å². The van der Waals surface area contributed by atoms with Gasteiger partial charge in [0.15, 0.2) is 0 Å². The number of hydrogen-bond donors (Lipinski definition) is 1. The second-order valence-electron chi connectivity index (χ2n) is 6.84. The fourth-order valence-corrected chi connectivity index (χ4v) is 3.19. The molecule has 1 N–H and O–H groups in total. The molecule has 0 aliphatic carbocycles. The van der Waals surface area contributed by atoms with Crippen LogP contribution in [0.2, 0.25) is 0 Å². The van der Waals surface area contributed by atoms with Gasteiger partial charge in [-0.15, -0.1) is 0 Å². The summed E-state index contributed by atoms with van der Waals surface area (Å²) >= 11 is 0. The third-order valence-corrected chi connectivity index (χ3v) is 4.44. The summed E-state index contributed by atoms with van der Waals surface area (Å²) in [7, 11) is 0. The normalized spacial score (nSPS) is 13.4. The minimum atomic E-state index is -0.946. The molecule has 0 radical (unpaired) electrons. The molecule has 0 fully saturated rings. The summed E-state index contributed by atoms with van der Waals surface area (Å²) < 4.78 is 5.68. The van der Waals surface area contributed by atoms with Crippen molar-refractivity contribution in [1.82, 2.24) is 4.90 Å². The lowest BCUT2D eigenvalue weighted by atomic mass is 9.97. The van der Waals surface area contributed by atoms with Gasteiger partial charge in [0.1, 0.15) is 5.75 Å². The third kappa shape index (κ3) is 4.23. The number of carboxylic acid groups (broad SMARTS) is 1. The Bertz CT molecular complexity index is 829. The maximum atomic E-state index is 12.7. The van der Waals surface area contributed by atoms with E-state index in [1.54, 1.807) is 17.0 Å². The lowest BCUT2D eigenvalue weighted by Gasteiger charge is -2.29. The molecule has 2 aromatic rings. The van der Waals surface area contributed by atoms with Gasteiger partial charge in [-0.1, -0.05) is 18.2 Å². The van der Waals surface area contributed by atoms with Crippen molar-refractivity contribution >= 4 is 11.9 Å². The largest absolute Gasteiger partial charge is 0.491 e. The second-order valence-corrected chi connectivity index (χ2v) is 6.84. The zero-order chi connectivity index (χ0) is 18.7. The number of carbonyl (C=O) groups is 2. The summed E-state index contributed by atoms with van der Waals surface area (Å²) in [6, 6.07) is 12.8. The predicted octanol–water partition coefficient (Wildman–Crippen LogP) is 3.30. The minimum Gasteiger partial charge on any atom is -0.491 e. The highest BCUT2D eigenvalue weighted by Crippen LogP contribution is 2.22. The SMILES string of the molecule is CC(C)Oc1cccc(CC(=O)N2CCc3ccc(C(=O)O)cc3C2)c1. The molecule has 0 bridgehead atoms. The van der Waals surface area contributed by atoms with Gasteiger partial charge in [-0.2, -0.15) is 0 Å². The van der Waals surface area contributed by atoms with Crippen molar-refractivity contribution in [3.8, 4) is 5.75 Å². The van der Waals surface area contributed by atoms with E-state index in [1.165, 1.54) is 0 Å². The van der Waals surface area contributed by atoms with Gasteiger partial charge in [0.25, 0.3) is 0 Å². The van der Waals surface area contributed by atoms with Gasteiger partial charge in [0.2, 0.25) is 5.91 Å². The second kappa shape index (κ2) is 7.60. The molecule has 136 valence electrons. The average molecular weight is 353 g/mol. The van der Waals surface area contributed by atoms with Gasteiger partial charge in [-0.3, -0.25) is 4.79 Å². The number of carbonyl (C=O) groups excluding carboxylic acids is 1. The van der Waals surface area contributed by atoms with E-state index in [9.17, 15) is 9.59 Å².